The topological polar surface area (TPSA) is 127 Å². The van der Waals surface area contributed by atoms with Gasteiger partial charge in [-0.3, -0.25) is 0 Å². The molecule has 0 aliphatic rings. The summed E-state index contributed by atoms with van der Waals surface area (Å²) in [5.74, 6) is -0.272. The SMILES string of the molecule is CC(CO)C(C)NS(=O)(=O)c1cccc(S(N)(=O)=O)c1. The van der Waals surface area contributed by atoms with E-state index in [0.717, 1.165) is 6.07 Å². The van der Waals surface area contributed by atoms with Crippen LogP contribution in [0.1, 0.15) is 13.8 Å². The first-order valence-corrected chi connectivity index (χ1v) is 8.87. The Labute approximate surface area is 118 Å². The number of aliphatic hydroxyl groups excluding tert-OH is 1. The van der Waals surface area contributed by atoms with Crippen LogP contribution in [0.2, 0.25) is 0 Å². The summed E-state index contributed by atoms with van der Waals surface area (Å²) in [5.41, 5.74) is 0. The third-order valence-electron chi connectivity index (χ3n) is 2.93. The van der Waals surface area contributed by atoms with Gasteiger partial charge in [0.15, 0.2) is 0 Å². The molecule has 0 aromatic heterocycles. The maximum absolute atomic E-state index is 12.1. The third-order valence-corrected chi connectivity index (χ3v) is 5.39. The lowest BCUT2D eigenvalue weighted by Gasteiger charge is -2.19. The van der Waals surface area contributed by atoms with Gasteiger partial charge in [0.05, 0.1) is 9.79 Å². The highest BCUT2D eigenvalue weighted by Gasteiger charge is 2.22. The molecule has 0 aliphatic heterocycles. The van der Waals surface area contributed by atoms with E-state index >= 15 is 0 Å². The van der Waals surface area contributed by atoms with Crippen molar-refractivity contribution in [3.05, 3.63) is 24.3 Å². The lowest BCUT2D eigenvalue weighted by atomic mass is 10.1. The van der Waals surface area contributed by atoms with Gasteiger partial charge in [0.1, 0.15) is 0 Å². The number of rotatable bonds is 6. The van der Waals surface area contributed by atoms with E-state index in [1.54, 1.807) is 13.8 Å². The average Bonchev–Trinajstić information content (AvgIpc) is 2.36. The number of benzene rings is 1. The standard InChI is InChI=1S/C11H18N2O5S2/c1-8(7-14)9(2)13-20(17,18)11-5-3-4-10(6-11)19(12,15)16/h3-6,8-9,13-14H,7H2,1-2H3,(H2,12,15,16). The Kier molecular flexibility index (Phi) is 5.27. The van der Waals surface area contributed by atoms with Crippen LogP contribution in [-0.4, -0.2) is 34.6 Å². The summed E-state index contributed by atoms with van der Waals surface area (Å²) >= 11 is 0. The molecule has 0 aliphatic carbocycles. The molecule has 0 fully saturated rings. The van der Waals surface area contributed by atoms with Crippen LogP contribution in [0.15, 0.2) is 34.1 Å². The minimum Gasteiger partial charge on any atom is -0.396 e. The molecule has 114 valence electrons. The minimum atomic E-state index is -3.97. The van der Waals surface area contributed by atoms with Crippen molar-refractivity contribution in [3.8, 4) is 0 Å². The van der Waals surface area contributed by atoms with Crippen LogP contribution in [0.4, 0.5) is 0 Å². The minimum absolute atomic E-state index is 0.166. The summed E-state index contributed by atoms with van der Waals surface area (Å²) in [6.07, 6.45) is 0. The zero-order valence-electron chi connectivity index (χ0n) is 11.1. The van der Waals surface area contributed by atoms with Crippen molar-refractivity contribution in [2.45, 2.75) is 29.7 Å². The van der Waals surface area contributed by atoms with Crippen LogP contribution in [0.25, 0.3) is 0 Å². The maximum Gasteiger partial charge on any atom is 0.240 e. The van der Waals surface area contributed by atoms with Crippen LogP contribution in [-0.2, 0) is 20.0 Å². The summed E-state index contributed by atoms with van der Waals surface area (Å²) in [4.78, 5) is -0.468. The van der Waals surface area contributed by atoms with Crippen molar-refractivity contribution in [1.29, 1.82) is 0 Å². The van der Waals surface area contributed by atoms with Gasteiger partial charge in [0, 0.05) is 12.6 Å². The molecule has 7 nitrogen and oxygen atoms in total. The fourth-order valence-corrected chi connectivity index (χ4v) is 3.44. The van der Waals surface area contributed by atoms with Crippen LogP contribution < -0.4 is 9.86 Å². The maximum atomic E-state index is 12.1. The second-order valence-corrected chi connectivity index (χ2v) is 7.87. The molecule has 1 aromatic rings. The normalized spacial score (nSPS) is 15.8. The quantitative estimate of drug-likeness (QED) is 0.658. The van der Waals surface area contributed by atoms with Crippen molar-refractivity contribution in [1.82, 2.24) is 4.72 Å². The summed E-state index contributed by atoms with van der Waals surface area (Å²) in [6, 6.07) is 4.28. The number of hydrogen-bond donors (Lipinski definition) is 3. The first kappa shape index (κ1) is 17.1. The van der Waals surface area contributed by atoms with Gasteiger partial charge in [-0.1, -0.05) is 13.0 Å². The molecule has 1 aromatic carbocycles. The summed E-state index contributed by atoms with van der Waals surface area (Å²) in [6.45, 7) is 3.14. The molecular weight excluding hydrogens is 304 g/mol. The van der Waals surface area contributed by atoms with Gasteiger partial charge in [-0.05, 0) is 31.0 Å². The molecule has 2 atom stereocenters. The van der Waals surface area contributed by atoms with Gasteiger partial charge >= 0.3 is 0 Å². The Morgan fingerprint density at radius 1 is 1.20 bits per heavy atom. The molecule has 0 amide bonds. The Morgan fingerprint density at radius 2 is 1.75 bits per heavy atom. The second-order valence-electron chi connectivity index (χ2n) is 4.59. The van der Waals surface area contributed by atoms with E-state index in [4.69, 9.17) is 10.2 Å². The van der Waals surface area contributed by atoms with Crippen molar-refractivity contribution >= 4 is 20.0 Å². The predicted octanol–water partition coefficient (Wildman–Crippen LogP) is -0.371. The van der Waals surface area contributed by atoms with Gasteiger partial charge in [0.25, 0.3) is 0 Å². The molecule has 0 bridgehead atoms. The Morgan fingerprint density at radius 3 is 2.25 bits per heavy atom. The number of nitrogens with one attached hydrogen (secondary N) is 1. The molecule has 0 heterocycles. The molecule has 0 spiro atoms. The Hall–Kier alpha value is -1.00. The van der Waals surface area contributed by atoms with Gasteiger partial charge in [-0.25, -0.2) is 26.7 Å². The van der Waals surface area contributed by atoms with Crippen molar-refractivity contribution in [3.63, 3.8) is 0 Å². The smallest absolute Gasteiger partial charge is 0.240 e. The lowest BCUT2D eigenvalue weighted by Crippen LogP contribution is -2.38. The third kappa shape index (κ3) is 4.25. The van der Waals surface area contributed by atoms with Crippen LogP contribution in [0.3, 0.4) is 0 Å². The monoisotopic (exact) mass is 322 g/mol. The van der Waals surface area contributed by atoms with E-state index in [2.05, 4.69) is 4.72 Å². The summed E-state index contributed by atoms with van der Waals surface area (Å²) in [7, 11) is -7.85. The van der Waals surface area contributed by atoms with Crippen LogP contribution >= 0.6 is 0 Å². The first-order valence-electron chi connectivity index (χ1n) is 5.84. The molecule has 4 N–H and O–H groups in total. The predicted molar refractivity (Wildman–Crippen MR) is 73.8 cm³/mol. The number of nitrogens with two attached hydrogens (primary N) is 1. The van der Waals surface area contributed by atoms with E-state index in [0.29, 0.717) is 0 Å². The van der Waals surface area contributed by atoms with E-state index in [1.165, 1.54) is 18.2 Å². The van der Waals surface area contributed by atoms with Gasteiger partial charge in [-0.2, -0.15) is 0 Å². The van der Waals surface area contributed by atoms with E-state index in [9.17, 15) is 16.8 Å². The molecule has 9 heteroatoms. The van der Waals surface area contributed by atoms with Gasteiger partial charge in [-0.15, -0.1) is 0 Å². The number of aliphatic hydroxyl groups is 1. The highest BCUT2D eigenvalue weighted by Crippen LogP contribution is 2.16. The Bertz CT molecular complexity index is 670. The highest BCUT2D eigenvalue weighted by molar-refractivity contribution is 7.90. The number of primary sulfonamides is 1. The average molecular weight is 322 g/mol. The first-order chi connectivity index (χ1) is 9.08. The van der Waals surface area contributed by atoms with Crippen LogP contribution in [0, 0.1) is 5.92 Å². The molecule has 0 saturated heterocycles. The second kappa shape index (κ2) is 6.19. The van der Waals surface area contributed by atoms with Crippen molar-refractivity contribution in [2.24, 2.45) is 11.1 Å². The molecule has 20 heavy (non-hydrogen) atoms. The molecule has 1 rings (SSSR count). The molecule has 0 radical (unpaired) electrons. The highest BCUT2D eigenvalue weighted by atomic mass is 32.2. The van der Waals surface area contributed by atoms with E-state index < -0.39 is 26.1 Å². The van der Waals surface area contributed by atoms with E-state index in [1.807, 2.05) is 0 Å². The van der Waals surface area contributed by atoms with Crippen molar-refractivity contribution in [2.75, 3.05) is 6.61 Å². The van der Waals surface area contributed by atoms with Gasteiger partial charge in [0.2, 0.25) is 20.0 Å². The fraction of sp³-hybridized carbons (Fsp3) is 0.455. The van der Waals surface area contributed by atoms with Crippen molar-refractivity contribution < 1.29 is 21.9 Å². The zero-order valence-corrected chi connectivity index (χ0v) is 12.8. The lowest BCUT2D eigenvalue weighted by molar-refractivity contribution is 0.216. The fourth-order valence-electron chi connectivity index (χ4n) is 1.41. The molecular formula is C11H18N2O5S2. The summed E-state index contributed by atoms with van der Waals surface area (Å²) in [5, 5.41) is 14.0. The van der Waals surface area contributed by atoms with E-state index in [-0.39, 0.29) is 22.3 Å². The largest absolute Gasteiger partial charge is 0.396 e. The zero-order chi connectivity index (χ0) is 15.6. The van der Waals surface area contributed by atoms with Gasteiger partial charge < -0.3 is 5.11 Å². The molecule has 0 saturated carbocycles. The Balaban J connectivity index is 3.11. The molecule has 2 unspecified atom stereocenters. The number of sulfonamides is 2. The number of hydrogen-bond acceptors (Lipinski definition) is 5. The van der Waals surface area contributed by atoms with Crippen LogP contribution in [0.5, 0.6) is 0 Å². The summed E-state index contributed by atoms with van der Waals surface area (Å²) < 4.78 is 49.0.